The van der Waals surface area contributed by atoms with Crippen LogP contribution in [0.1, 0.15) is 58.8 Å². The van der Waals surface area contributed by atoms with Crippen molar-refractivity contribution < 1.29 is 14.7 Å². The molecule has 1 rings (SSSR count). The third kappa shape index (κ3) is 4.99. The molecule has 2 atom stereocenters. The van der Waals surface area contributed by atoms with E-state index in [1.165, 1.54) is 0 Å². The molecule has 0 aromatic carbocycles. The summed E-state index contributed by atoms with van der Waals surface area (Å²) < 4.78 is 0. The van der Waals surface area contributed by atoms with E-state index in [0.717, 1.165) is 25.7 Å². The maximum absolute atomic E-state index is 12.3. The van der Waals surface area contributed by atoms with Gasteiger partial charge in [0.05, 0.1) is 5.41 Å². The summed E-state index contributed by atoms with van der Waals surface area (Å²) >= 11 is 0. The van der Waals surface area contributed by atoms with Crippen molar-refractivity contribution in [1.82, 2.24) is 4.90 Å². The van der Waals surface area contributed by atoms with Crippen LogP contribution in [-0.4, -0.2) is 41.5 Å². The molecular formula is C16H30N2O3. The number of likely N-dealkylation sites (tertiary alicyclic amines) is 1. The van der Waals surface area contributed by atoms with Gasteiger partial charge >= 0.3 is 5.97 Å². The standard InChI is InChI=1S/C16H30N2O3/c1-3-8-16(15(20)21)9-4-11-18(12-16)14(19)6-5-13(2)7-10-17/h13H,3-12,17H2,1-2H3,(H,20,21). The lowest BCUT2D eigenvalue weighted by atomic mass is 9.76. The van der Waals surface area contributed by atoms with Crippen LogP contribution in [0.25, 0.3) is 0 Å². The third-order valence-electron chi connectivity index (χ3n) is 4.62. The summed E-state index contributed by atoms with van der Waals surface area (Å²) in [6, 6.07) is 0. The largest absolute Gasteiger partial charge is 0.481 e. The predicted molar refractivity (Wildman–Crippen MR) is 82.9 cm³/mol. The molecule has 1 amide bonds. The van der Waals surface area contributed by atoms with E-state index in [-0.39, 0.29) is 5.91 Å². The zero-order valence-corrected chi connectivity index (χ0v) is 13.4. The minimum Gasteiger partial charge on any atom is -0.481 e. The topological polar surface area (TPSA) is 83.6 Å². The number of aliphatic carboxylic acids is 1. The highest BCUT2D eigenvalue weighted by Crippen LogP contribution is 2.35. The lowest BCUT2D eigenvalue weighted by Crippen LogP contribution is -2.49. The number of piperidine rings is 1. The molecule has 21 heavy (non-hydrogen) atoms. The minimum absolute atomic E-state index is 0.0975. The van der Waals surface area contributed by atoms with Gasteiger partial charge in [0.1, 0.15) is 0 Å². The molecule has 2 unspecified atom stereocenters. The van der Waals surface area contributed by atoms with E-state index in [9.17, 15) is 14.7 Å². The van der Waals surface area contributed by atoms with Crippen LogP contribution in [0.2, 0.25) is 0 Å². The fourth-order valence-electron chi connectivity index (χ4n) is 3.27. The number of carbonyl (C=O) groups is 2. The van der Waals surface area contributed by atoms with Crippen molar-refractivity contribution in [1.29, 1.82) is 0 Å². The molecule has 0 bridgehead atoms. The van der Waals surface area contributed by atoms with E-state index in [1.54, 1.807) is 4.90 Å². The Bertz CT molecular complexity index is 355. The van der Waals surface area contributed by atoms with E-state index in [2.05, 4.69) is 6.92 Å². The summed E-state index contributed by atoms with van der Waals surface area (Å²) in [7, 11) is 0. The normalized spacial score (nSPS) is 23.9. The molecule has 0 spiro atoms. The molecule has 122 valence electrons. The van der Waals surface area contributed by atoms with Crippen molar-refractivity contribution in [3.63, 3.8) is 0 Å². The highest BCUT2D eigenvalue weighted by Gasteiger charge is 2.42. The van der Waals surface area contributed by atoms with Gasteiger partial charge in [-0.3, -0.25) is 9.59 Å². The summed E-state index contributed by atoms with van der Waals surface area (Å²) in [5.41, 5.74) is 4.79. The molecule has 1 fully saturated rings. The van der Waals surface area contributed by atoms with E-state index in [1.807, 2.05) is 6.92 Å². The summed E-state index contributed by atoms with van der Waals surface area (Å²) in [5.74, 6) is -0.206. The Morgan fingerprint density at radius 3 is 2.67 bits per heavy atom. The SMILES string of the molecule is CCCC1(C(=O)O)CCCN(C(=O)CCC(C)CCN)C1. The first kappa shape index (κ1) is 18.0. The van der Waals surface area contributed by atoms with Crippen molar-refractivity contribution in [2.75, 3.05) is 19.6 Å². The Morgan fingerprint density at radius 1 is 1.38 bits per heavy atom. The molecule has 1 aliphatic rings. The molecule has 5 heteroatoms. The van der Waals surface area contributed by atoms with Crippen LogP contribution in [0, 0.1) is 11.3 Å². The second kappa shape index (κ2) is 8.37. The lowest BCUT2D eigenvalue weighted by Gasteiger charge is -2.40. The number of carbonyl (C=O) groups excluding carboxylic acids is 1. The van der Waals surface area contributed by atoms with Gasteiger partial charge in [-0.15, -0.1) is 0 Å². The minimum atomic E-state index is -0.752. The Kier molecular flexibility index (Phi) is 7.15. The van der Waals surface area contributed by atoms with Crippen LogP contribution in [-0.2, 0) is 9.59 Å². The van der Waals surface area contributed by atoms with Crippen LogP contribution in [0.4, 0.5) is 0 Å². The van der Waals surface area contributed by atoms with Gasteiger partial charge in [0, 0.05) is 19.5 Å². The third-order valence-corrected chi connectivity index (χ3v) is 4.62. The highest BCUT2D eigenvalue weighted by molar-refractivity contribution is 5.79. The first-order chi connectivity index (χ1) is 9.95. The zero-order chi connectivity index (χ0) is 15.9. The molecule has 3 N–H and O–H groups in total. The van der Waals surface area contributed by atoms with Crippen LogP contribution in [0.5, 0.6) is 0 Å². The van der Waals surface area contributed by atoms with Crippen LogP contribution >= 0.6 is 0 Å². The van der Waals surface area contributed by atoms with Gasteiger partial charge in [0.15, 0.2) is 0 Å². The van der Waals surface area contributed by atoms with Crippen molar-refractivity contribution in [3.05, 3.63) is 0 Å². The molecule has 5 nitrogen and oxygen atoms in total. The number of hydrogen-bond acceptors (Lipinski definition) is 3. The molecule has 1 aliphatic heterocycles. The zero-order valence-electron chi connectivity index (χ0n) is 13.4. The average Bonchev–Trinajstić information content (AvgIpc) is 2.45. The number of carboxylic acids is 1. The number of hydrogen-bond donors (Lipinski definition) is 2. The number of nitrogens with zero attached hydrogens (tertiary/aromatic N) is 1. The summed E-state index contributed by atoms with van der Waals surface area (Å²) in [6.07, 6.45) is 5.23. The quantitative estimate of drug-likeness (QED) is 0.720. The van der Waals surface area contributed by atoms with Crippen LogP contribution in [0.3, 0.4) is 0 Å². The maximum atomic E-state index is 12.3. The second-order valence-corrected chi connectivity index (χ2v) is 6.48. The van der Waals surface area contributed by atoms with Crippen molar-refractivity contribution in [3.8, 4) is 0 Å². The summed E-state index contributed by atoms with van der Waals surface area (Å²) in [6.45, 7) is 5.83. The average molecular weight is 298 g/mol. The fraction of sp³-hybridized carbons (Fsp3) is 0.875. The van der Waals surface area contributed by atoms with E-state index in [0.29, 0.717) is 44.8 Å². The first-order valence-corrected chi connectivity index (χ1v) is 8.16. The first-order valence-electron chi connectivity index (χ1n) is 8.16. The summed E-state index contributed by atoms with van der Waals surface area (Å²) in [4.78, 5) is 25.7. The number of rotatable bonds is 8. The number of nitrogens with two attached hydrogens (primary N) is 1. The maximum Gasteiger partial charge on any atom is 0.311 e. The monoisotopic (exact) mass is 298 g/mol. The van der Waals surface area contributed by atoms with Crippen molar-refractivity contribution in [2.45, 2.75) is 58.8 Å². The number of carboxylic acid groups (broad SMARTS) is 1. The molecule has 0 saturated carbocycles. The van der Waals surface area contributed by atoms with Gasteiger partial charge in [-0.2, -0.15) is 0 Å². The molecular weight excluding hydrogens is 268 g/mol. The van der Waals surface area contributed by atoms with E-state index >= 15 is 0 Å². The molecule has 0 aromatic heterocycles. The highest BCUT2D eigenvalue weighted by atomic mass is 16.4. The van der Waals surface area contributed by atoms with Gasteiger partial charge in [-0.1, -0.05) is 20.3 Å². The smallest absolute Gasteiger partial charge is 0.311 e. The van der Waals surface area contributed by atoms with Gasteiger partial charge in [-0.25, -0.2) is 0 Å². The van der Waals surface area contributed by atoms with Gasteiger partial charge in [0.25, 0.3) is 0 Å². The Hall–Kier alpha value is -1.10. The predicted octanol–water partition coefficient (Wildman–Crippen LogP) is 2.25. The van der Waals surface area contributed by atoms with Gasteiger partial charge < -0.3 is 15.7 Å². The fourth-order valence-corrected chi connectivity index (χ4v) is 3.27. The molecule has 0 aliphatic carbocycles. The van der Waals surface area contributed by atoms with E-state index in [4.69, 9.17) is 5.73 Å². The van der Waals surface area contributed by atoms with Crippen LogP contribution in [0.15, 0.2) is 0 Å². The second-order valence-electron chi connectivity index (χ2n) is 6.48. The van der Waals surface area contributed by atoms with Crippen molar-refractivity contribution >= 4 is 11.9 Å². The summed E-state index contributed by atoms with van der Waals surface area (Å²) in [5, 5.41) is 9.56. The Balaban J connectivity index is 2.58. The molecule has 1 saturated heterocycles. The van der Waals surface area contributed by atoms with Crippen molar-refractivity contribution in [2.24, 2.45) is 17.1 Å². The Morgan fingerprint density at radius 2 is 2.10 bits per heavy atom. The van der Waals surface area contributed by atoms with Gasteiger partial charge in [-0.05, 0) is 44.6 Å². The number of amides is 1. The molecule has 1 heterocycles. The Labute approximate surface area is 127 Å². The van der Waals surface area contributed by atoms with Gasteiger partial charge in [0.2, 0.25) is 5.91 Å². The lowest BCUT2D eigenvalue weighted by molar-refractivity contribution is -0.155. The van der Waals surface area contributed by atoms with Crippen LogP contribution < -0.4 is 5.73 Å². The molecule has 0 aromatic rings. The molecule has 0 radical (unpaired) electrons. The van der Waals surface area contributed by atoms with E-state index < -0.39 is 11.4 Å².